The fraction of sp³-hybridized carbons (Fsp3) is 0.222. The first-order chi connectivity index (χ1) is 11.0. The van der Waals surface area contributed by atoms with E-state index in [1.165, 1.54) is 11.3 Å². The molecule has 0 bridgehead atoms. The molecular weight excluding hydrogens is 306 g/mol. The number of nitrogens with one attached hydrogen (secondary N) is 1. The molecule has 4 nitrogen and oxygen atoms in total. The molecule has 0 aliphatic rings. The number of benzene rings is 1. The minimum Gasteiger partial charge on any atom is -0.397 e. The normalized spacial score (nSPS) is 11.1. The van der Waals surface area contributed by atoms with Crippen molar-refractivity contribution in [3.63, 3.8) is 0 Å². The summed E-state index contributed by atoms with van der Waals surface area (Å²) in [5.41, 5.74) is 9.56. The van der Waals surface area contributed by atoms with Crippen molar-refractivity contribution in [3.8, 4) is 0 Å². The molecule has 3 N–H and O–H groups in total. The molecular formula is C18H19N3OS. The second-order valence-electron chi connectivity index (χ2n) is 5.91. The Morgan fingerprint density at radius 1 is 1.17 bits per heavy atom. The number of nitrogens with zero attached hydrogens (tertiary/aromatic N) is 1. The van der Waals surface area contributed by atoms with Crippen LogP contribution in [0.15, 0.2) is 36.4 Å². The molecule has 0 saturated heterocycles. The largest absolute Gasteiger partial charge is 0.397 e. The van der Waals surface area contributed by atoms with E-state index in [4.69, 9.17) is 5.73 Å². The Labute approximate surface area is 139 Å². The first-order valence-corrected chi connectivity index (χ1v) is 8.34. The van der Waals surface area contributed by atoms with Gasteiger partial charge in [-0.15, -0.1) is 11.3 Å². The number of carbonyl (C=O) groups excluding carboxylic acids is 1. The van der Waals surface area contributed by atoms with Crippen molar-refractivity contribution in [2.45, 2.75) is 26.7 Å². The molecule has 3 aromatic rings. The summed E-state index contributed by atoms with van der Waals surface area (Å²) in [6, 6.07) is 11.6. The number of anilines is 2. The Morgan fingerprint density at radius 2 is 1.87 bits per heavy atom. The summed E-state index contributed by atoms with van der Waals surface area (Å²) in [5.74, 6) is 0.146. The quantitative estimate of drug-likeness (QED) is 0.741. The molecule has 118 valence electrons. The van der Waals surface area contributed by atoms with E-state index in [-0.39, 0.29) is 5.91 Å². The highest BCUT2D eigenvalue weighted by atomic mass is 32.1. The molecule has 3 rings (SSSR count). The summed E-state index contributed by atoms with van der Waals surface area (Å²) in [4.78, 5) is 18.4. The van der Waals surface area contributed by atoms with E-state index in [0.717, 1.165) is 27.2 Å². The van der Waals surface area contributed by atoms with Gasteiger partial charge in [-0.2, -0.15) is 0 Å². The van der Waals surface area contributed by atoms with E-state index in [2.05, 4.69) is 24.1 Å². The van der Waals surface area contributed by atoms with Crippen LogP contribution < -0.4 is 11.1 Å². The van der Waals surface area contributed by atoms with Crippen molar-refractivity contribution < 1.29 is 4.79 Å². The number of aryl methyl sites for hydroxylation is 1. The van der Waals surface area contributed by atoms with Crippen molar-refractivity contribution >= 4 is 38.8 Å². The second-order valence-corrected chi connectivity index (χ2v) is 6.91. The molecule has 1 aromatic carbocycles. The van der Waals surface area contributed by atoms with E-state index >= 15 is 0 Å². The molecule has 2 heterocycles. The Bertz CT molecular complexity index is 866. The molecule has 0 fully saturated rings. The van der Waals surface area contributed by atoms with Crippen molar-refractivity contribution in [1.82, 2.24) is 4.98 Å². The van der Waals surface area contributed by atoms with Crippen LogP contribution in [-0.4, -0.2) is 10.9 Å². The monoisotopic (exact) mass is 325 g/mol. The molecule has 0 radical (unpaired) electrons. The minimum absolute atomic E-state index is 0.194. The highest BCUT2D eigenvalue weighted by Crippen LogP contribution is 2.34. The number of rotatable bonds is 3. The molecule has 1 amide bonds. The van der Waals surface area contributed by atoms with Crippen molar-refractivity contribution in [2.24, 2.45) is 0 Å². The van der Waals surface area contributed by atoms with Gasteiger partial charge < -0.3 is 11.1 Å². The van der Waals surface area contributed by atoms with Gasteiger partial charge in [0, 0.05) is 16.8 Å². The summed E-state index contributed by atoms with van der Waals surface area (Å²) >= 11 is 1.34. The lowest BCUT2D eigenvalue weighted by Gasteiger charge is -2.04. The van der Waals surface area contributed by atoms with Gasteiger partial charge in [0.05, 0.1) is 5.69 Å². The zero-order valence-corrected chi connectivity index (χ0v) is 14.2. The van der Waals surface area contributed by atoms with Crippen LogP contribution in [0.3, 0.4) is 0 Å². The summed E-state index contributed by atoms with van der Waals surface area (Å²) in [6.45, 7) is 6.19. The SMILES string of the molecule is Cc1ccc(NC(=O)c2sc3nc(C(C)C)ccc3c2N)cc1. The molecule has 23 heavy (non-hydrogen) atoms. The maximum Gasteiger partial charge on any atom is 0.267 e. The Hall–Kier alpha value is -2.40. The summed E-state index contributed by atoms with van der Waals surface area (Å²) in [5, 5.41) is 3.73. The number of amides is 1. The van der Waals surface area contributed by atoms with Gasteiger partial charge in [-0.25, -0.2) is 4.98 Å². The van der Waals surface area contributed by atoms with Crippen LogP contribution >= 0.6 is 11.3 Å². The summed E-state index contributed by atoms with van der Waals surface area (Å²) in [7, 11) is 0. The average molecular weight is 325 g/mol. The van der Waals surface area contributed by atoms with Crippen LogP contribution in [0.1, 0.15) is 40.7 Å². The highest BCUT2D eigenvalue weighted by Gasteiger charge is 2.18. The fourth-order valence-electron chi connectivity index (χ4n) is 2.33. The minimum atomic E-state index is -0.194. The molecule has 0 spiro atoms. The van der Waals surface area contributed by atoms with Gasteiger partial charge in [0.2, 0.25) is 0 Å². The number of hydrogen-bond donors (Lipinski definition) is 2. The number of thiophene rings is 1. The predicted molar refractivity (Wildman–Crippen MR) is 97.3 cm³/mol. The van der Waals surface area contributed by atoms with Crippen LogP contribution in [-0.2, 0) is 0 Å². The fourth-order valence-corrected chi connectivity index (χ4v) is 3.32. The molecule has 5 heteroatoms. The van der Waals surface area contributed by atoms with Gasteiger partial charge in [0.1, 0.15) is 9.71 Å². The summed E-state index contributed by atoms with van der Waals surface area (Å²) in [6.07, 6.45) is 0. The lowest BCUT2D eigenvalue weighted by molar-refractivity contribution is 0.103. The van der Waals surface area contributed by atoms with E-state index in [9.17, 15) is 4.79 Å². The van der Waals surface area contributed by atoms with Crippen LogP contribution in [0.4, 0.5) is 11.4 Å². The summed E-state index contributed by atoms with van der Waals surface area (Å²) < 4.78 is 0. The van der Waals surface area contributed by atoms with E-state index in [1.54, 1.807) is 0 Å². The number of nitrogens with two attached hydrogens (primary N) is 1. The zero-order valence-electron chi connectivity index (χ0n) is 13.4. The zero-order chi connectivity index (χ0) is 16.6. The molecule has 0 unspecified atom stereocenters. The molecule has 0 atom stereocenters. The van der Waals surface area contributed by atoms with Gasteiger partial charge in [0.15, 0.2) is 0 Å². The van der Waals surface area contributed by atoms with Gasteiger partial charge in [-0.1, -0.05) is 31.5 Å². The third-order valence-corrected chi connectivity index (χ3v) is 4.84. The lowest BCUT2D eigenvalue weighted by atomic mass is 10.1. The number of hydrogen-bond acceptors (Lipinski definition) is 4. The van der Waals surface area contributed by atoms with Gasteiger partial charge in [-0.3, -0.25) is 4.79 Å². The Morgan fingerprint density at radius 3 is 2.52 bits per heavy atom. The van der Waals surface area contributed by atoms with E-state index in [0.29, 0.717) is 16.5 Å². The van der Waals surface area contributed by atoms with Crippen LogP contribution in [0.2, 0.25) is 0 Å². The van der Waals surface area contributed by atoms with Crippen LogP contribution in [0.25, 0.3) is 10.2 Å². The molecule has 0 aliphatic carbocycles. The third-order valence-electron chi connectivity index (χ3n) is 3.72. The van der Waals surface area contributed by atoms with Crippen LogP contribution in [0, 0.1) is 6.92 Å². The van der Waals surface area contributed by atoms with Crippen molar-refractivity contribution in [3.05, 3.63) is 52.5 Å². The molecule has 2 aromatic heterocycles. The smallest absolute Gasteiger partial charge is 0.267 e. The Balaban J connectivity index is 1.93. The van der Waals surface area contributed by atoms with Gasteiger partial charge >= 0.3 is 0 Å². The highest BCUT2D eigenvalue weighted by molar-refractivity contribution is 7.21. The number of aromatic nitrogens is 1. The van der Waals surface area contributed by atoms with Gasteiger partial charge in [0.25, 0.3) is 5.91 Å². The maximum absolute atomic E-state index is 12.5. The average Bonchev–Trinajstić information content (AvgIpc) is 2.86. The number of fused-ring (bicyclic) bond motifs is 1. The number of carbonyl (C=O) groups is 1. The first-order valence-electron chi connectivity index (χ1n) is 7.52. The number of pyridine rings is 1. The Kier molecular flexibility index (Phi) is 4.05. The van der Waals surface area contributed by atoms with Crippen molar-refractivity contribution in [2.75, 3.05) is 11.1 Å². The maximum atomic E-state index is 12.5. The standard InChI is InChI=1S/C18H19N3OS/c1-10(2)14-9-8-13-15(19)16(23-18(13)21-14)17(22)20-12-6-4-11(3)5-7-12/h4-10H,19H2,1-3H3,(H,20,22). The van der Waals surface area contributed by atoms with Crippen LogP contribution in [0.5, 0.6) is 0 Å². The number of nitrogen functional groups attached to an aromatic ring is 1. The second kappa shape index (κ2) is 6.01. The van der Waals surface area contributed by atoms with Gasteiger partial charge in [-0.05, 0) is 37.1 Å². The topological polar surface area (TPSA) is 68.0 Å². The van der Waals surface area contributed by atoms with E-state index in [1.807, 2.05) is 43.3 Å². The molecule has 0 aliphatic heterocycles. The molecule has 0 saturated carbocycles. The lowest BCUT2D eigenvalue weighted by Crippen LogP contribution is -2.11. The predicted octanol–water partition coefficient (Wildman–Crippen LogP) is 4.56. The first kappa shape index (κ1) is 15.5. The third kappa shape index (κ3) is 3.05. The van der Waals surface area contributed by atoms with E-state index < -0.39 is 0 Å². The van der Waals surface area contributed by atoms with Crippen molar-refractivity contribution in [1.29, 1.82) is 0 Å².